The van der Waals surface area contributed by atoms with E-state index < -0.39 is 0 Å². The van der Waals surface area contributed by atoms with Crippen LogP contribution in [0.2, 0.25) is 0 Å². The Morgan fingerprint density at radius 3 is 1.62 bits per heavy atom. The van der Waals surface area contributed by atoms with E-state index >= 15 is 0 Å². The van der Waals surface area contributed by atoms with Gasteiger partial charge in [0, 0.05) is 52.5 Å². The third kappa shape index (κ3) is 8.10. The average Bonchev–Trinajstić information content (AvgIpc) is 3.85. The van der Waals surface area contributed by atoms with Crippen LogP contribution < -0.4 is 9.13 Å². The fourth-order valence-electron chi connectivity index (χ4n) is 8.66. The topological polar surface area (TPSA) is 92.4 Å². The molecule has 4 aromatic carbocycles. The second-order valence-electron chi connectivity index (χ2n) is 15.3. The monoisotopic (exact) mass is 780 g/mol. The minimum Gasteiger partial charge on any atom is -0.358 e. The predicted octanol–water partition coefficient (Wildman–Crippen LogP) is 7.74. The zero-order chi connectivity index (χ0) is 38.8. The fraction of sp³-hybridized carbons (Fsp3) is 0.333. The van der Waals surface area contributed by atoms with Gasteiger partial charge in [-0.25, -0.2) is 18.3 Å². The van der Waals surface area contributed by atoms with Crippen molar-refractivity contribution < 1.29 is 28.3 Å². The first-order chi connectivity index (χ1) is 27.3. The van der Waals surface area contributed by atoms with Crippen molar-refractivity contribution in [2.24, 2.45) is 7.05 Å². The van der Waals surface area contributed by atoms with Crippen molar-refractivity contribution in [2.45, 2.75) is 84.3 Å². The van der Waals surface area contributed by atoms with Gasteiger partial charge in [-0.1, -0.05) is 42.8 Å². The lowest BCUT2D eigenvalue weighted by Crippen LogP contribution is -2.41. The molecule has 0 fully saturated rings. The number of imide groups is 2. The van der Waals surface area contributed by atoms with Crippen LogP contribution in [0.15, 0.2) is 98.1 Å². The van der Waals surface area contributed by atoms with Crippen molar-refractivity contribution in [1.82, 2.24) is 18.9 Å². The third-order valence-electron chi connectivity index (χ3n) is 11.6. The molecule has 0 bridgehead atoms. The number of hydrogen-bond donors (Lipinski definition) is 0. The number of aromatic nitrogens is 4. The van der Waals surface area contributed by atoms with Crippen LogP contribution >= 0.6 is 0 Å². The summed E-state index contributed by atoms with van der Waals surface area (Å²) in [4.78, 5) is 55.7. The molecule has 58 heavy (non-hydrogen) atoms. The number of unbranched alkanes of at least 4 members (excludes halogenated alkanes) is 4. The standard InChI is InChI=1S/C46H50N6O4.2CH3/c1-3-51-43(53)37-17-10-15-35-33(19-21-39(41(35)37)44(51)54)13-6-4-5-8-23-49-29-30-50(32-49)24-9-7-14-34-20-22-40-42-36(34)16-11-18-38(42)45(55)52(46(40)56)26-12-25-48-28-27-47(2)31-48;;/h10-11,15-22,27-32H,3-9,12-14,23-26H2,1-2H3;2*1H3/q+2;2*-1. The highest BCUT2D eigenvalue weighted by molar-refractivity contribution is 6.26. The first-order valence-electron chi connectivity index (χ1n) is 20.2. The van der Waals surface area contributed by atoms with Gasteiger partial charge >= 0.3 is 0 Å². The normalized spacial score (nSPS) is 13.4. The summed E-state index contributed by atoms with van der Waals surface area (Å²) in [6.45, 7) is 5.25. The number of rotatable bonds is 17. The van der Waals surface area contributed by atoms with Crippen molar-refractivity contribution in [3.8, 4) is 0 Å². The summed E-state index contributed by atoms with van der Waals surface area (Å²) in [6, 6.07) is 19.6. The number of imidazole rings is 2. The maximum atomic E-state index is 13.5. The zero-order valence-corrected chi connectivity index (χ0v) is 34.5. The van der Waals surface area contributed by atoms with Crippen LogP contribution in [-0.2, 0) is 39.5 Å². The minimum atomic E-state index is -0.198. The van der Waals surface area contributed by atoms with E-state index in [1.807, 2.05) is 79.7 Å². The van der Waals surface area contributed by atoms with Gasteiger partial charge in [0.2, 0.25) is 12.7 Å². The Labute approximate surface area is 342 Å². The molecule has 0 atom stereocenters. The number of amides is 4. The molecule has 0 N–H and O–H groups in total. The lowest BCUT2D eigenvalue weighted by Gasteiger charge is -2.27. The number of aryl methyl sites for hydroxylation is 6. The van der Waals surface area contributed by atoms with Gasteiger partial charge in [0.15, 0.2) is 0 Å². The van der Waals surface area contributed by atoms with Crippen LogP contribution in [-0.4, -0.2) is 55.7 Å². The van der Waals surface area contributed by atoms with Gasteiger partial charge in [0.1, 0.15) is 24.8 Å². The first kappa shape index (κ1) is 41.7. The van der Waals surface area contributed by atoms with Crippen LogP contribution in [0.1, 0.15) is 104 Å². The second kappa shape index (κ2) is 18.1. The lowest BCUT2D eigenvalue weighted by atomic mass is 9.90. The van der Waals surface area contributed by atoms with Gasteiger partial charge in [-0.3, -0.25) is 29.0 Å². The Kier molecular flexibility index (Phi) is 13.0. The summed E-state index contributed by atoms with van der Waals surface area (Å²) in [5.41, 5.74) is 4.89. The summed E-state index contributed by atoms with van der Waals surface area (Å²) in [5, 5.41) is 3.65. The van der Waals surface area contributed by atoms with Crippen LogP contribution in [0.5, 0.6) is 0 Å². The van der Waals surface area contributed by atoms with Crippen LogP contribution in [0.25, 0.3) is 21.5 Å². The second-order valence-corrected chi connectivity index (χ2v) is 15.3. The van der Waals surface area contributed by atoms with Crippen LogP contribution in [0.3, 0.4) is 0 Å². The third-order valence-corrected chi connectivity index (χ3v) is 11.6. The molecule has 0 radical (unpaired) electrons. The number of hydrogen-bond acceptors (Lipinski definition) is 4. The maximum Gasteiger partial charge on any atom is 0.261 e. The number of nitrogens with zero attached hydrogens (tertiary/aromatic N) is 6. The van der Waals surface area contributed by atoms with Crippen molar-refractivity contribution >= 4 is 45.2 Å². The summed E-state index contributed by atoms with van der Waals surface area (Å²) in [6.07, 6.45) is 21.4. The largest absolute Gasteiger partial charge is 0.358 e. The highest BCUT2D eigenvalue weighted by Crippen LogP contribution is 2.34. The van der Waals surface area contributed by atoms with E-state index in [2.05, 4.69) is 50.6 Å². The Morgan fingerprint density at radius 1 is 0.517 bits per heavy atom. The molecule has 2 aliphatic heterocycles. The van der Waals surface area contributed by atoms with Gasteiger partial charge in [0.25, 0.3) is 23.6 Å². The smallest absolute Gasteiger partial charge is 0.261 e. The van der Waals surface area contributed by atoms with E-state index in [4.69, 9.17) is 0 Å². The highest BCUT2D eigenvalue weighted by Gasteiger charge is 2.34. The molecule has 4 heterocycles. The van der Waals surface area contributed by atoms with Gasteiger partial charge < -0.3 is 14.9 Å². The highest BCUT2D eigenvalue weighted by atomic mass is 16.2. The molecule has 0 spiro atoms. The minimum absolute atomic E-state index is 0. The van der Waals surface area contributed by atoms with E-state index in [1.165, 1.54) is 20.9 Å². The Morgan fingerprint density at radius 2 is 1.03 bits per heavy atom. The summed E-state index contributed by atoms with van der Waals surface area (Å²) in [5.74, 6) is -0.787. The van der Waals surface area contributed by atoms with E-state index in [1.54, 1.807) is 0 Å². The molecular weight excluding hydrogens is 725 g/mol. The molecule has 8 rings (SSSR count). The Balaban J connectivity index is 0.00000283. The first-order valence-corrected chi connectivity index (χ1v) is 20.2. The van der Waals surface area contributed by atoms with Gasteiger partial charge in [0.05, 0.1) is 26.7 Å². The van der Waals surface area contributed by atoms with E-state index in [9.17, 15) is 19.2 Å². The van der Waals surface area contributed by atoms with Gasteiger partial charge in [-0.2, -0.15) is 0 Å². The number of carbonyl (C=O) groups excluding carboxylic acids is 4. The molecule has 10 heteroatoms. The average molecular weight is 781 g/mol. The van der Waals surface area contributed by atoms with Crippen molar-refractivity contribution in [3.05, 3.63) is 146 Å². The van der Waals surface area contributed by atoms with Crippen molar-refractivity contribution in [1.29, 1.82) is 0 Å². The quantitative estimate of drug-likeness (QED) is 0.0410. The van der Waals surface area contributed by atoms with Crippen molar-refractivity contribution in [3.63, 3.8) is 0 Å². The molecule has 2 aromatic heterocycles. The Hall–Kier alpha value is -5.90. The van der Waals surface area contributed by atoms with Crippen molar-refractivity contribution in [2.75, 3.05) is 13.1 Å². The molecular formula is C48H56N6O4. The summed E-state index contributed by atoms with van der Waals surface area (Å²) < 4.78 is 8.57. The SMILES string of the molecule is CCN1C(=O)c2cccc3c(CCCCCC[n+]4ccn(CCCCc5ccc6c7c(cccc57)C(=O)N(CCCn5cc[n+](C)c5)C6=O)c4)ccc(c23)C1=O.[CH3-].[CH3-]. The summed E-state index contributed by atoms with van der Waals surface area (Å²) in [7, 11) is 1.97. The molecule has 302 valence electrons. The lowest BCUT2D eigenvalue weighted by molar-refractivity contribution is -0.696. The van der Waals surface area contributed by atoms with Crippen LogP contribution in [0.4, 0.5) is 0 Å². The fourth-order valence-corrected chi connectivity index (χ4v) is 8.66. The van der Waals surface area contributed by atoms with Crippen LogP contribution in [0, 0.1) is 14.9 Å². The summed E-state index contributed by atoms with van der Waals surface area (Å²) >= 11 is 0. The van der Waals surface area contributed by atoms with E-state index in [0.717, 1.165) is 92.5 Å². The number of benzene rings is 4. The molecule has 0 saturated carbocycles. The molecule has 0 aliphatic carbocycles. The van der Waals surface area contributed by atoms with Gasteiger partial charge in [-0.05, 0) is 98.0 Å². The van der Waals surface area contributed by atoms with Gasteiger partial charge in [-0.15, -0.1) is 0 Å². The number of carbonyl (C=O) groups is 4. The molecule has 0 saturated heterocycles. The molecule has 4 amide bonds. The zero-order valence-electron chi connectivity index (χ0n) is 34.5. The van der Waals surface area contributed by atoms with E-state index in [0.29, 0.717) is 41.8 Å². The molecule has 10 nitrogen and oxygen atoms in total. The maximum absolute atomic E-state index is 13.5. The predicted molar refractivity (Wildman–Crippen MR) is 227 cm³/mol. The van der Waals surface area contributed by atoms with E-state index in [-0.39, 0.29) is 38.5 Å². The molecule has 6 aromatic rings. The Bertz CT molecular complexity index is 2430. The molecule has 2 aliphatic rings. The molecule has 0 unspecified atom stereocenters.